The highest BCUT2D eigenvalue weighted by Crippen LogP contribution is 2.29. The predicted octanol–water partition coefficient (Wildman–Crippen LogP) is 3.11. The first kappa shape index (κ1) is 16.9. The van der Waals surface area contributed by atoms with Crippen molar-refractivity contribution in [2.24, 2.45) is 5.92 Å². The highest BCUT2D eigenvalue weighted by atomic mass is 79.9. The van der Waals surface area contributed by atoms with E-state index in [0.717, 1.165) is 31.2 Å². The number of benzene rings is 1. The summed E-state index contributed by atoms with van der Waals surface area (Å²) in [6.45, 7) is 3.86. The van der Waals surface area contributed by atoms with E-state index in [1.165, 1.54) is 6.07 Å². The molecule has 0 unspecified atom stereocenters. The van der Waals surface area contributed by atoms with Crippen molar-refractivity contribution in [2.75, 3.05) is 0 Å². The van der Waals surface area contributed by atoms with Gasteiger partial charge in [-0.25, -0.2) is 13.1 Å². The molecule has 0 bridgehead atoms. The number of hydrogen-bond donors (Lipinski definition) is 2. The lowest BCUT2D eigenvalue weighted by Gasteiger charge is -2.27. The Bertz CT molecular complexity index is 608. The molecule has 1 aromatic rings. The SMILES string of the molecule is Cc1cc(CO)cc(S(=O)(=O)NC2CCC(C)CC2)c1Br. The molecule has 1 fully saturated rings. The summed E-state index contributed by atoms with van der Waals surface area (Å²) in [4.78, 5) is 0.213. The molecule has 1 saturated carbocycles. The van der Waals surface area contributed by atoms with Gasteiger partial charge < -0.3 is 5.11 Å². The van der Waals surface area contributed by atoms with Crippen LogP contribution in [0.15, 0.2) is 21.5 Å². The van der Waals surface area contributed by atoms with Gasteiger partial charge in [0.2, 0.25) is 10.0 Å². The zero-order chi connectivity index (χ0) is 15.6. The summed E-state index contributed by atoms with van der Waals surface area (Å²) in [5, 5.41) is 9.26. The van der Waals surface area contributed by atoms with Gasteiger partial charge in [0, 0.05) is 10.5 Å². The molecule has 0 amide bonds. The molecule has 4 nitrogen and oxygen atoms in total. The van der Waals surface area contributed by atoms with Crippen molar-refractivity contribution in [3.63, 3.8) is 0 Å². The minimum Gasteiger partial charge on any atom is -0.392 e. The zero-order valence-electron chi connectivity index (χ0n) is 12.4. The van der Waals surface area contributed by atoms with Crippen LogP contribution in [-0.4, -0.2) is 19.6 Å². The van der Waals surface area contributed by atoms with E-state index < -0.39 is 10.0 Å². The maximum atomic E-state index is 12.6. The molecule has 0 radical (unpaired) electrons. The van der Waals surface area contributed by atoms with E-state index in [1.54, 1.807) is 6.07 Å². The van der Waals surface area contributed by atoms with Crippen molar-refractivity contribution in [1.29, 1.82) is 0 Å². The molecular weight excluding hydrogens is 354 g/mol. The smallest absolute Gasteiger partial charge is 0.241 e. The second kappa shape index (κ2) is 6.77. The van der Waals surface area contributed by atoms with Crippen LogP contribution in [0, 0.1) is 12.8 Å². The highest BCUT2D eigenvalue weighted by molar-refractivity contribution is 9.10. The Morgan fingerprint density at radius 3 is 2.48 bits per heavy atom. The van der Waals surface area contributed by atoms with Crippen LogP contribution in [0.2, 0.25) is 0 Å². The lowest BCUT2D eigenvalue weighted by molar-refractivity contribution is 0.281. The first-order valence-electron chi connectivity index (χ1n) is 7.25. The van der Waals surface area contributed by atoms with E-state index in [0.29, 0.717) is 16.0 Å². The zero-order valence-corrected chi connectivity index (χ0v) is 14.8. The van der Waals surface area contributed by atoms with Crippen LogP contribution >= 0.6 is 15.9 Å². The van der Waals surface area contributed by atoms with Gasteiger partial charge in [0.15, 0.2) is 0 Å². The van der Waals surface area contributed by atoms with Crippen molar-refractivity contribution in [3.05, 3.63) is 27.7 Å². The third kappa shape index (κ3) is 4.06. The molecule has 1 aliphatic carbocycles. The van der Waals surface area contributed by atoms with Gasteiger partial charge in [0.25, 0.3) is 0 Å². The highest BCUT2D eigenvalue weighted by Gasteiger charge is 2.26. The van der Waals surface area contributed by atoms with E-state index in [2.05, 4.69) is 27.6 Å². The Hall–Kier alpha value is -0.430. The summed E-state index contributed by atoms with van der Waals surface area (Å²) >= 11 is 3.35. The number of aryl methyl sites for hydroxylation is 1. The molecule has 0 heterocycles. The van der Waals surface area contributed by atoms with Gasteiger partial charge in [-0.05, 0) is 71.6 Å². The van der Waals surface area contributed by atoms with Crippen molar-refractivity contribution in [1.82, 2.24) is 4.72 Å². The Morgan fingerprint density at radius 2 is 1.90 bits per heavy atom. The normalized spacial score (nSPS) is 23.2. The summed E-state index contributed by atoms with van der Waals surface area (Å²) in [5.41, 5.74) is 1.41. The van der Waals surface area contributed by atoms with E-state index in [9.17, 15) is 13.5 Å². The Kier molecular flexibility index (Phi) is 5.46. The Labute approximate surface area is 135 Å². The molecule has 2 N–H and O–H groups in total. The molecule has 0 spiro atoms. The van der Waals surface area contributed by atoms with Crippen LogP contribution < -0.4 is 4.72 Å². The van der Waals surface area contributed by atoms with Gasteiger partial charge in [-0.2, -0.15) is 0 Å². The Balaban J connectivity index is 2.25. The fourth-order valence-electron chi connectivity index (χ4n) is 2.76. The first-order valence-corrected chi connectivity index (χ1v) is 9.53. The molecule has 1 aromatic carbocycles. The van der Waals surface area contributed by atoms with E-state index in [-0.39, 0.29) is 17.5 Å². The largest absolute Gasteiger partial charge is 0.392 e. The number of halogens is 1. The third-order valence-electron chi connectivity index (χ3n) is 4.09. The number of rotatable bonds is 4. The molecule has 0 aliphatic heterocycles. The van der Waals surface area contributed by atoms with E-state index in [4.69, 9.17) is 0 Å². The lowest BCUT2D eigenvalue weighted by atomic mass is 9.88. The first-order chi connectivity index (χ1) is 9.83. The fraction of sp³-hybridized carbons (Fsp3) is 0.600. The molecule has 0 saturated heterocycles. The van der Waals surface area contributed by atoms with Gasteiger partial charge in [-0.3, -0.25) is 0 Å². The van der Waals surface area contributed by atoms with Gasteiger partial charge in [0.05, 0.1) is 11.5 Å². The minimum absolute atomic E-state index is 0.0104. The second-order valence-corrected chi connectivity index (χ2v) is 8.44. The monoisotopic (exact) mass is 375 g/mol. The van der Waals surface area contributed by atoms with Crippen molar-refractivity contribution >= 4 is 26.0 Å². The number of nitrogens with one attached hydrogen (secondary N) is 1. The summed E-state index contributed by atoms with van der Waals surface area (Å²) in [7, 11) is -3.57. The Morgan fingerprint density at radius 1 is 1.29 bits per heavy atom. The maximum Gasteiger partial charge on any atom is 0.241 e. The molecule has 21 heavy (non-hydrogen) atoms. The standard InChI is InChI=1S/C15H22BrNO3S/c1-10-3-5-13(6-4-10)17-21(19,20)14-8-12(9-18)7-11(2)15(14)16/h7-8,10,13,17-18H,3-6,9H2,1-2H3. The topological polar surface area (TPSA) is 66.4 Å². The second-order valence-electron chi connectivity index (χ2n) is 5.96. The lowest BCUT2D eigenvalue weighted by Crippen LogP contribution is -2.37. The van der Waals surface area contributed by atoms with Crippen LogP contribution in [0.1, 0.15) is 43.7 Å². The number of hydrogen-bond acceptors (Lipinski definition) is 3. The summed E-state index contributed by atoms with van der Waals surface area (Å²) in [5.74, 6) is 0.678. The van der Waals surface area contributed by atoms with Gasteiger partial charge >= 0.3 is 0 Å². The van der Waals surface area contributed by atoms with Gasteiger partial charge in [-0.15, -0.1) is 0 Å². The van der Waals surface area contributed by atoms with Crippen molar-refractivity contribution in [3.8, 4) is 0 Å². The number of aliphatic hydroxyl groups excluding tert-OH is 1. The van der Waals surface area contributed by atoms with Crippen LogP contribution in [-0.2, 0) is 16.6 Å². The van der Waals surface area contributed by atoms with Crippen molar-refractivity contribution in [2.45, 2.75) is 57.1 Å². The van der Waals surface area contributed by atoms with Crippen LogP contribution in [0.25, 0.3) is 0 Å². The van der Waals surface area contributed by atoms with Crippen LogP contribution in [0.3, 0.4) is 0 Å². The minimum atomic E-state index is -3.57. The molecule has 1 aliphatic rings. The number of sulfonamides is 1. The van der Waals surface area contributed by atoms with Crippen molar-refractivity contribution < 1.29 is 13.5 Å². The summed E-state index contributed by atoms with van der Waals surface area (Å²) < 4.78 is 28.6. The van der Waals surface area contributed by atoms with Crippen LogP contribution in [0.4, 0.5) is 0 Å². The molecule has 0 atom stereocenters. The molecular formula is C15H22BrNO3S. The fourth-order valence-corrected chi connectivity index (χ4v) is 5.13. The molecule has 2 rings (SSSR count). The van der Waals surface area contributed by atoms with Crippen LogP contribution in [0.5, 0.6) is 0 Å². The quantitative estimate of drug-likeness (QED) is 0.849. The average Bonchev–Trinajstić information content (AvgIpc) is 2.43. The molecule has 0 aromatic heterocycles. The molecule has 6 heteroatoms. The third-order valence-corrected chi connectivity index (χ3v) is 6.95. The predicted molar refractivity (Wildman–Crippen MR) is 86.5 cm³/mol. The number of aliphatic hydroxyl groups is 1. The van der Waals surface area contributed by atoms with Gasteiger partial charge in [0.1, 0.15) is 0 Å². The van der Waals surface area contributed by atoms with Gasteiger partial charge in [-0.1, -0.05) is 13.0 Å². The summed E-state index contributed by atoms with van der Waals surface area (Å²) in [6, 6.07) is 3.33. The van der Waals surface area contributed by atoms with E-state index in [1.807, 2.05) is 6.92 Å². The maximum absolute atomic E-state index is 12.6. The van der Waals surface area contributed by atoms with E-state index >= 15 is 0 Å². The molecule has 118 valence electrons. The average molecular weight is 376 g/mol. The summed E-state index contributed by atoms with van der Waals surface area (Å²) in [6.07, 6.45) is 3.89.